The van der Waals surface area contributed by atoms with E-state index >= 15 is 0 Å². The molecule has 0 saturated carbocycles. The van der Waals surface area contributed by atoms with Crippen LogP contribution in [0, 0.1) is 5.92 Å². The number of likely N-dealkylation sites (N-methyl/N-ethyl adjacent to an activating group) is 1. The van der Waals surface area contributed by atoms with Crippen LogP contribution in [-0.4, -0.2) is 102 Å². The van der Waals surface area contributed by atoms with E-state index in [0.29, 0.717) is 59.0 Å². The van der Waals surface area contributed by atoms with Crippen molar-refractivity contribution in [2.45, 2.75) is 113 Å². The zero-order valence-electron chi connectivity index (χ0n) is 35.8. The minimum absolute atomic E-state index is 0.0332. The first-order valence-electron chi connectivity index (χ1n) is 21.7. The topological polar surface area (TPSA) is 137 Å². The fourth-order valence-electron chi connectivity index (χ4n) is 8.70. The summed E-state index contributed by atoms with van der Waals surface area (Å²) in [7, 11) is -1.78. The van der Waals surface area contributed by atoms with Crippen molar-refractivity contribution in [1.29, 1.82) is 0 Å². The van der Waals surface area contributed by atoms with Crippen LogP contribution in [-0.2, 0) is 31.7 Å². The van der Waals surface area contributed by atoms with Gasteiger partial charge in [-0.3, -0.25) is 28.9 Å². The lowest BCUT2D eigenvalue weighted by atomic mass is 9.86. The lowest BCUT2D eigenvalue weighted by Crippen LogP contribution is -2.43. The predicted molar refractivity (Wildman–Crippen MR) is 250 cm³/mol. The fraction of sp³-hybridized carbons (Fsp3) is 0.543. The molecule has 3 aromatic carbocycles. The summed E-state index contributed by atoms with van der Waals surface area (Å²) in [5.41, 5.74) is 10.6. The number of carbonyl (C=O) groups excluding carboxylic acids is 3. The molecule has 1 unspecified atom stereocenters. The molecule has 2 amide bonds. The maximum Gasteiger partial charge on any atom is 0.323 e. The van der Waals surface area contributed by atoms with Crippen molar-refractivity contribution in [2.75, 3.05) is 61.8 Å². The van der Waals surface area contributed by atoms with Crippen LogP contribution in [0.3, 0.4) is 0 Å². The number of nitrogens with zero attached hydrogens (tertiary/aromatic N) is 3. The lowest BCUT2D eigenvalue weighted by molar-refractivity contribution is -0.150. The number of primary amides is 1. The van der Waals surface area contributed by atoms with E-state index < -0.39 is 28.8 Å². The molecule has 0 aliphatic carbocycles. The Hall–Kier alpha value is -3.56. The van der Waals surface area contributed by atoms with Crippen molar-refractivity contribution >= 4 is 65.4 Å². The molecule has 0 radical (unpaired) electrons. The molecule has 4 N–H and O–H groups in total. The number of amides is 2. The van der Waals surface area contributed by atoms with Gasteiger partial charge in [-0.25, -0.2) is 4.21 Å². The monoisotopic (exact) mass is 878 g/mol. The number of piperidine rings is 1. The van der Waals surface area contributed by atoms with E-state index in [1.54, 1.807) is 24.3 Å². The predicted octanol–water partition coefficient (Wildman–Crippen LogP) is 7.09. The number of esters is 1. The Labute approximate surface area is 371 Å². The van der Waals surface area contributed by atoms with Gasteiger partial charge in [0.2, 0.25) is 5.91 Å². The Kier molecular flexibility index (Phi) is 18.7. The minimum atomic E-state index is -1.78. The number of thiol groups is 2. The average Bonchev–Trinajstić information content (AvgIpc) is 3.69. The van der Waals surface area contributed by atoms with Crippen LogP contribution in [0.4, 0.5) is 11.4 Å². The van der Waals surface area contributed by atoms with Gasteiger partial charge >= 0.3 is 5.97 Å². The third kappa shape index (κ3) is 13.5. The molecule has 2 heterocycles. The highest BCUT2D eigenvalue weighted by atomic mass is 32.2. The zero-order valence-corrected chi connectivity index (χ0v) is 38.4. The summed E-state index contributed by atoms with van der Waals surface area (Å²) >= 11 is 9.37. The van der Waals surface area contributed by atoms with Gasteiger partial charge in [0.05, 0.1) is 4.90 Å². The number of carbonyl (C=O) groups is 3. The number of anilines is 2. The summed E-state index contributed by atoms with van der Waals surface area (Å²) < 4.78 is 21.7. The van der Waals surface area contributed by atoms with Gasteiger partial charge in [0.15, 0.2) is 11.0 Å². The highest BCUT2D eigenvalue weighted by molar-refractivity contribution is 7.84. The lowest BCUT2D eigenvalue weighted by Gasteiger charge is -2.34. The molecule has 0 bridgehead atoms. The third-order valence-electron chi connectivity index (χ3n) is 12.1. The van der Waals surface area contributed by atoms with Gasteiger partial charge in [0.1, 0.15) is 12.6 Å². The Morgan fingerprint density at radius 3 is 2.35 bits per heavy atom. The summed E-state index contributed by atoms with van der Waals surface area (Å²) in [5.74, 6) is 0.634. The highest BCUT2D eigenvalue weighted by Crippen LogP contribution is 2.30. The Balaban J connectivity index is 1.07. The summed E-state index contributed by atoms with van der Waals surface area (Å²) in [6, 6.07) is 21.5. The molecule has 4 atom stereocenters. The van der Waals surface area contributed by atoms with Crippen LogP contribution >= 0.6 is 25.3 Å². The molecule has 2 fully saturated rings. The van der Waals surface area contributed by atoms with Crippen molar-refractivity contribution in [3.8, 4) is 0 Å². The largest absolute Gasteiger partial charge is 0.463 e. The normalized spacial score (nSPS) is 17.7. The van der Waals surface area contributed by atoms with Crippen molar-refractivity contribution in [2.24, 2.45) is 11.7 Å². The number of nitrogens with one attached hydrogen (secondary N) is 2. The second-order valence-electron chi connectivity index (χ2n) is 16.4. The molecule has 11 nitrogen and oxygen atoms in total. The minimum Gasteiger partial charge on any atom is -0.463 e. The van der Waals surface area contributed by atoms with Crippen LogP contribution in [0.15, 0.2) is 76.5 Å². The molecule has 0 aromatic heterocycles. The fourth-order valence-corrected chi connectivity index (χ4v) is 10.1. The number of rotatable bonds is 22. The van der Waals surface area contributed by atoms with Gasteiger partial charge in [-0.2, -0.15) is 12.6 Å². The third-order valence-corrected chi connectivity index (χ3v) is 14.0. The van der Waals surface area contributed by atoms with Gasteiger partial charge in [-0.05, 0) is 130 Å². The standard InChI is InChI=1S/C46H66N6O5S3/c1-5-50(6-2)42(19-20-44(47)53)46(55)57-27-26-51-23-9-11-38(51)29-36(31-58)48-41-18-17-39(30-43(41)59)60(56)49-45(54)34-13-15-37(16-14-34)52-24-21-33(22-25-52)28-35-10-7-8-12-40(35)32(3)4/h7-8,10,12-18,30,32-33,36,38,42,48,58-59H,5-6,9,11,19-29,31H2,1-4H3,(H2,47,53)(H,49,54)/t36-,38+,42+,60?/m1/s1. The molecule has 3 aromatic rings. The van der Waals surface area contributed by atoms with Crippen molar-refractivity contribution in [3.63, 3.8) is 0 Å². The quantitative estimate of drug-likeness (QED) is 0.0530. The number of hydrogen-bond donors (Lipinski definition) is 5. The number of nitrogens with two attached hydrogens (primary N) is 1. The summed E-state index contributed by atoms with van der Waals surface area (Å²) in [4.78, 5) is 45.4. The van der Waals surface area contributed by atoms with E-state index in [2.05, 4.69) is 70.6 Å². The summed E-state index contributed by atoms with van der Waals surface area (Å²) in [6.45, 7) is 13.6. The van der Waals surface area contributed by atoms with Crippen LogP contribution < -0.4 is 20.7 Å². The van der Waals surface area contributed by atoms with E-state index in [1.165, 1.54) is 11.1 Å². The van der Waals surface area contributed by atoms with E-state index in [0.717, 1.165) is 69.5 Å². The summed E-state index contributed by atoms with van der Waals surface area (Å²) in [6.07, 6.45) is 6.78. The number of ether oxygens (including phenoxy) is 1. The Bertz CT molecular complexity index is 1890. The molecule has 2 saturated heterocycles. The first-order chi connectivity index (χ1) is 28.9. The molecular formula is C46H66N6O5S3. The van der Waals surface area contributed by atoms with E-state index in [9.17, 15) is 18.6 Å². The van der Waals surface area contributed by atoms with Crippen molar-refractivity contribution in [3.05, 3.63) is 83.4 Å². The van der Waals surface area contributed by atoms with Crippen molar-refractivity contribution in [1.82, 2.24) is 14.5 Å². The van der Waals surface area contributed by atoms with Crippen LogP contribution in [0.5, 0.6) is 0 Å². The van der Waals surface area contributed by atoms with Gasteiger partial charge in [-0.1, -0.05) is 52.0 Å². The van der Waals surface area contributed by atoms with Crippen LogP contribution in [0.2, 0.25) is 0 Å². The van der Waals surface area contributed by atoms with Crippen LogP contribution in [0.25, 0.3) is 0 Å². The molecule has 328 valence electrons. The highest BCUT2D eigenvalue weighted by Gasteiger charge is 2.30. The van der Waals surface area contributed by atoms with Crippen molar-refractivity contribution < 1.29 is 23.3 Å². The average molecular weight is 879 g/mol. The molecule has 60 heavy (non-hydrogen) atoms. The van der Waals surface area contributed by atoms with Gasteiger partial charge in [0, 0.05) is 65.7 Å². The second-order valence-corrected chi connectivity index (χ2v) is 18.5. The Morgan fingerprint density at radius 2 is 1.70 bits per heavy atom. The van der Waals surface area contributed by atoms with Gasteiger partial charge < -0.3 is 20.7 Å². The first-order valence-corrected chi connectivity index (χ1v) is 23.9. The number of likely N-dealkylation sites (tertiary alicyclic amines) is 1. The maximum absolute atomic E-state index is 13.3. The van der Waals surface area contributed by atoms with Gasteiger partial charge in [0.25, 0.3) is 5.91 Å². The first kappa shape index (κ1) is 47.5. The number of benzene rings is 3. The SMILES string of the molecule is CCN(CC)[C@@H](CCC(N)=O)C(=O)OCCN1CCC[C@H]1C[C@H](CS)Nc1ccc(S(=O)NC(=O)c2ccc(N3CCC(Cc4ccccc4C(C)C)CC3)cc2)cc1S. The number of hydrogen-bond acceptors (Lipinski definition) is 11. The van der Waals surface area contributed by atoms with E-state index in [4.69, 9.17) is 23.1 Å². The summed E-state index contributed by atoms with van der Waals surface area (Å²) in [5, 5.41) is 3.57. The van der Waals surface area contributed by atoms with Gasteiger partial charge in [-0.15, -0.1) is 12.6 Å². The molecule has 2 aliphatic rings. The smallest absolute Gasteiger partial charge is 0.323 e. The Morgan fingerprint density at radius 1 is 0.983 bits per heavy atom. The zero-order chi connectivity index (χ0) is 43.2. The molecule has 2 aliphatic heterocycles. The maximum atomic E-state index is 13.3. The van der Waals surface area contributed by atoms with E-state index in [1.807, 2.05) is 36.9 Å². The van der Waals surface area contributed by atoms with E-state index in [-0.39, 0.29) is 31.1 Å². The molecule has 0 spiro atoms. The molecule has 14 heteroatoms. The van der Waals surface area contributed by atoms with Crippen LogP contribution in [0.1, 0.15) is 100 Å². The molecular weight excluding hydrogens is 813 g/mol. The molecule has 5 rings (SSSR count). The second kappa shape index (κ2) is 23.6.